The van der Waals surface area contributed by atoms with Gasteiger partial charge in [0.05, 0.1) is 0 Å². The molecule has 1 saturated heterocycles. The lowest BCUT2D eigenvalue weighted by molar-refractivity contribution is 0.143. The van der Waals surface area contributed by atoms with Crippen LogP contribution in [0, 0.1) is 0 Å². The highest BCUT2D eigenvalue weighted by Gasteiger charge is 2.16. The molecule has 1 aromatic carbocycles. The monoisotopic (exact) mass is 298 g/mol. The molecule has 0 aliphatic carbocycles. The first kappa shape index (κ1) is 12.9. The quantitative estimate of drug-likeness (QED) is 0.922. The molecule has 0 aromatic heterocycles. The molecule has 1 aromatic rings. The highest BCUT2D eigenvalue weighted by Crippen LogP contribution is 2.17. The van der Waals surface area contributed by atoms with Gasteiger partial charge in [0.15, 0.2) is 0 Å². The van der Waals surface area contributed by atoms with Crippen molar-refractivity contribution in [3.05, 3.63) is 28.7 Å². The predicted octanol–water partition coefficient (Wildman–Crippen LogP) is 2.12. The number of rotatable bonds is 4. The van der Waals surface area contributed by atoms with E-state index in [1.54, 1.807) is 0 Å². The summed E-state index contributed by atoms with van der Waals surface area (Å²) in [6.07, 6.45) is 0. The molecule has 0 spiro atoms. The third-order valence-corrected chi connectivity index (χ3v) is 3.58. The first-order valence-corrected chi connectivity index (χ1v) is 6.88. The van der Waals surface area contributed by atoms with Crippen molar-refractivity contribution in [3.63, 3.8) is 0 Å². The highest BCUT2D eigenvalue weighted by molar-refractivity contribution is 9.10. The Morgan fingerprint density at radius 3 is 3.18 bits per heavy atom. The minimum atomic E-state index is 0.606. The predicted molar refractivity (Wildman–Crippen MR) is 73.5 cm³/mol. The van der Waals surface area contributed by atoms with Gasteiger partial charge in [0.25, 0.3) is 0 Å². The Balaban J connectivity index is 1.75. The lowest BCUT2D eigenvalue weighted by Crippen LogP contribution is -2.50. The summed E-state index contributed by atoms with van der Waals surface area (Å²) in [6.45, 7) is 7.28. The Labute approximate surface area is 111 Å². The normalized spacial score (nSPS) is 21.4. The molecule has 4 heteroatoms. The Morgan fingerprint density at radius 2 is 2.41 bits per heavy atom. The van der Waals surface area contributed by atoms with Crippen LogP contribution in [0.2, 0.25) is 0 Å². The number of ether oxygens (including phenoxy) is 1. The summed E-state index contributed by atoms with van der Waals surface area (Å²) in [5.74, 6) is 0.933. The Bertz CT molecular complexity index is 359. The molecular weight excluding hydrogens is 280 g/mol. The van der Waals surface area contributed by atoms with Crippen LogP contribution in [0.25, 0.3) is 0 Å². The van der Waals surface area contributed by atoms with E-state index in [2.05, 4.69) is 33.1 Å². The smallest absolute Gasteiger partial charge is 0.120 e. The molecule has 1 heterocycles. The van der Waals surface area contributed by atoms with Crippen molar-refractivity contribution in [1.82, 2.24) is 10.2 Å². The van der Waals surface area contributed by atoms with Crippen molar-refractivity contribution in [2.45, 2.75) is 13.0 Å². The van der Waals surface area contributed by atoms with Crippen LogP contribution in [-0.4, -0.2) is 43.7 Å². The van der Waals surface area contributed by atoms with E-state index in [0.29, 0.717) is 6.04 Å². The summed E-state index contributed by atoms with van der Waals surface area (Å²) in [7, 11) is 0. The topological polar surface area (TPSA) is 24.5 Å². The third-order valence-electron chi connectivity index (χ3n) is 3.08. The summed E-state index contributed by atoms with van der Waals surface area (Å²) < 4.78 is 6.81. The highest BCUT2D eigenvalue weighted by atomic mass is 79.9. The SMILES string of the molecule is C[C@H]1CNCCN1CCOc1cccc(Br)c1. The third kappa shape index (κ3) is 3.98. The van der Waals surface area contributed by atoms with E-state index in [1.807, 2.05) is 24.3 Å². The summed E-state index contributed by atoms with van der Waals surface area (Å²) in [5.41, 5.74) is 0. The molecule has 0 saturated carbocycles. The Kier molecular flexibility index (Phi) is 4.83. The Morgan fingerprint density at radius 1 is 1.53 bits per heavy atom. The molecule has 3 nitrogen and oxygen atoms in total. The second-order valence-corrected chi connectivity index (χ2v) is 5.31. The van der Waals surface area contributed by atoms with Gasteiger partial charge < -0.3 is 10.1 Å². The molecule has 1 N–H and O–H groups in total. The number of nitrogens with one attached hydrogen (secondary N) is 1. The van der Waals surface area contributed by atoms with Crippen LogP contribution in [-0.2, 0) is 0 Å². The van der Waals surface area contributed by atoms with Gasteiger partial charge in [-0.2, -0.15) is 0 Å². The zero-order chi connectivity index (χ0) is 12.1. The minimum absolute atomic E-state index is 0.606. The zero-order valence-corrected chi connectivity index (χ0v) is 11.7. The number of hydrogen-bond acceptors (Lipinski definition) is 3. The average molecular weight is 299 g/mol. The minimum Gasteiger partial charge on any atom is -0.492 e. The van der Waals surface area contributed by atoms with Crippen molar-refractivity contribution in [2.24, 2.45) is 0 Å². The van der Waals surface area contributed by atoms with E-state index in [4.69, 9.17) is 4.74 Å². The zero-order valence-electron chi connectivity index (χ0n) is 10.2. The standard InChI is InChI=1S/C13H19BrN2O/c1-11-10-15-5-6-16(11)7-8-17-13-4-2-3-12(14)9-13/h2-4,9,11,15H,5-8,10H2,1H3/t11-/m0/s1. The number of hydrogen-bond donors (Lipinski definition) is 1. The van der Waals surface area contributed by atoms with Crippen LogP contribution >= 0.6 is 15.9 Å². The molecule has 0 bridgehead atoms. The maximum Gasteiger partial charge on any atom is 0.120 e. The molecule has 0 radical (unpaired) electrons. The van der Waals surface area contributed by atoms with Gasteiger partial charge in [-0.25, -0.2) is 0 Å². The maximum atomic E-state index is 5.75. The largest absolute Gasteiger partial charge is 0.492 e. The maximum absolute atomic E-state index is 5.75. The Hall–Kier alpha value is -0.580. The molecule has 1 fully saturated rings. The second-order valence-electron chi connectivity index (χ2n) is 4.39. The summed E-state index contributed by atoms with van der Waals surface area (Å²) in [4.78, 5) is 2.47. The number of benzene rings is 1. The first-order valence-electron chi connectivity index (χ1n) is 6.09. The van der Waals surface area contributed by atoms with E-state index in [0.717, 1.165) is 43.0 Å². The van der Waals surface area contributed by atoms with Crippen LogP contribution in [0.5, 0.6) is 5.75 Å². The van der Waals surface area contributed by atoms with Crippen molar-refractivity contribution in [1.29, 1.82) is 0 Å². The van der Waals surface area contributed by atoms with Crippen molar-refractivity contribution < 1.29 is 4.74 Å². The van der Waals surface area contributed by atoms with Gasteiger partial charge >= 0.3 is 0 Å². The summed E-state index contributed by atoms with van der Waals surface area (Å²) >= 11 is 3.44. The van der Waals surface area contributed by atoms with Gasteiger partial charge in [0.1, 0.15) is 12.4 Å². The van der Waals surface area contributed by atoms with Gasteiger partial charge in [-0.15, -0.1) is 0 Å². The van der Waals surface area contributed by atoms with Crippen molar-refractivity contribution >= 4 is 15.9 Å². The fourth-order valence-electron chi connectivity index (χ4n) is 2.05. The fraction of sp³-hybridized carbons (Fsp3) is 0.538. The van der Waals surface area contributed by atoms with E-state index in [1.165, 1.54) is 0 Å². The van der Waals surface area contributed by atoms with Crippen molar-refractivity contribution in [3.8, 4) is 5.75 Å². The summed E-state index contributed by atoms with van der Waals surface area (Å²) in [6, 6.07) is 8.60. The average Bonchev–Trinajstić information content (AvgIpc) is 2.32. The van der Waals surface area contributed by atoms with Gasteiger partial charge in [-0.3, -0.25) is 4.90 Å². The molecule has 2 rings (SSSR count). The van der Waals surface area contributed by atoms with Crippen molar-refractivity contribution in [2.75, 3.05) is 32.8 Å². The van der Waals surface area contributed by atoms with E-state index in [-0.39, 0.29) is 0 Å². The number of piperazine rings is 1. The molecule has 1 aliphatic heterocycles. The molecule has 1 atom stereocenters. The fourth-order valence-corrected chi connectivity index (χ4v) is 2.43. The first-order chi connectivity index (χ1) is 8.25. The number of nitrogens with zero attached hydrogens (tertiary/aromatic N) is 1. The van der Waals surface area contributed by atoms with E-state index < -0.39 is 0 Å². The lowest BCUT2D eigenvalue weighted by atomic mass is 10.2. The van der Waals surface area contributed by atoms with Gasteiger partial charge in [0, 0.05) is 36.7 Å². The molecule has 94 valence electrons. The number of halogens is 1. The molecular formula is C13H19BrN2O. The molecule has 0 unspecified atom stereocenters. The van der Waals surface area contributed by atoms with Crippen LogP contribution in [0.1, 0.15) is 6.92 Å². The van der Waals surface area contributed by atoms with E-state index >= 15 is 0 Å². The van der Waals surface area contributed by atoms with Gasteiger partial charge in [0.2, 0.25) is 0 Å². The van der Waals surface area contributed by atoms with Crippen LogP contribution in [0.15, 0.2) is 28.7 Å². The van der Waals surface area contributed by atoms with Crippen LogP contribution in [0.3, 0.4) is 0 Å². The van der Waals surface area contributed by atoms with Gasteiger partial charge in [-0.1, -0.05) is 22.0 Å². The van der Waals surface area contributed by atoms with E-state index in [9.17, 15) is 0 Å². The molecule has 1 aliphatic rings. The van der Waals surface area contributed by atoms with Gasteiger partial charge in [-0.05, 0) is 25.1 Å². The molecule has 0 amide bonds. The second kappa shape index (κ2) is 6.38. The molecule has 17 heavy (non-hydrogen) atoms. The van der Waals surface area contributed by atoms with Crippen LogP contribution < -0.4 is 10.1 Å². The summed E-state index contributed by atoms with van der Waals surface area (Å²) in [5, 5.41) is 3.39. The lowest BCUT2D eigenvalue weighted by Gasteiger charge is -2.33. The van der Waals surface area contributed by atoms with Crippen LogP contribution in [0.4, 0.5) is 0 Å².